The Morgan fingerprint density at radius 1 is 0.486 bits per heavy atom. The van der Waals surface area contributed by atoms with Crippen molar-refractivity contribution in [3.63, 3.8) is 0 Å². The zero-order chi connectivity index (χ0) is 27.6. The lowest BCUT2D eigenvalue weighted by molar-refractivity contribution is -0.927. The Labute approximate surface area is 225 Å². The summed E-state index contributed by atoms with van der Waals surface area (Å²) < 4.78 is 0.265. The minimum Gasteiger partial charge on any atom is -0.481 e. The Morgan fingerprint density at radius 2 is 0.811 bits per heavy atom. The Balaban J connectivity index is 3.92. The number of quaternary nitrogens is 1. The van der Waals surface area contributed by atoms with Crippen molar-refractivity contribution in [3.8, 4) is 0 Å². The minimum atomic E-state index is -0.932. The average molecular weight is 527 g/mol. The fraction of sp³-hybridized carbons (Fsp3) is 0.833. The van der Waals surface area contributed by atoms with E-state index in [2.05, 4.69) is 19.1 Å². The van der Waals surface area contributed by atoms with Gasteiger partial charge in [0.1, 0.15) is 0 Å². The van der Waals surface area contributed by atoms with Gasteiger partial charge in [0.05, 0.1) is 45.4 Å². The molecule has 0 aliphatic carbocycles. The molecular weight excluding hydrogens is 470 g/mol. The van der Waals surface area contributed by atoms with E-state index in [0.29, 0.717) is 6.54 Å². The molecule has 0 bridgehead atoms. The van der Waals surface area contributed by atoms with Gasteiger partial charge in [0.15, 0.2) is 0 Å². The van der Waals surface area contributed by atoms with Gasteiger partial charge in [0, 0.05) is 0 Å². The van der Waals surface area contributed by atoms with E-state index < -0.39 is 17.9 Å². The van der Waals surface area contributed by atoms with Crippen molar-refractivity contribution < 1.29 is 34.2 Å². The molecule has 3 N–H and O–H groups in total. The quantitative estimate of drug-likeness (QED) is 0.0555. The first-order valence-electron chi connectivity index (χ1n) is 15.0. The second-order valence-electron chi connectivity index (χ2n) is 10.7. The number of nitrogens with zero attached hydrogens (tertiary/aromatic N) is 1. The van der Waals surface area contributed by atoms with Gasteiger partial charge in [-0.2, -0.15) is 0 Å². The van der Waals surface area contributed by atoms with Gasteiger partial charge in [0.25, 0.3) is 0 Å². The van der Waals surface area contributed by atoms with Crippen LogP contribution in [0.5, 0.6) is 0 Å². The van der Waals surface area contributed by atoms with Crippen LogP contribution < -0.4 is 0 Å². The summed E-state index contributed by atoms with van der Waals surface area (Å²) in [7, 11) is 0. The molecule has 0 atom stereocenters. The van der Waals surface area contributed by atoms with E-state index in [-0.39, 0.29) is 43.4 Å². The first-order valence-corrected chi connectivity index (χ1v) is 15.0. The number of hydrogen-bond acceptors (Lipinski definition) is 3. The Hall–Kier alpha value is -1.89. The molecule has 0 aliphatic heterocycles. The van der Waals surface area contributed by atoms with E-state index in [4.69, 9.17) is 15.3 Å². The molecule has 0 fully saturated rings. The monoisotopic (exact) mass is 526 g/mol. The summed E-state index contributed by atoms with van der Waals surface area (Å²) in [6.07, 6.45) is 25.6. The fourth-order valence-electron chi connectivity index (χ4n) is 4.90. The average Bonchev–Trinajstić information content (AvgIpc) is 2.85. The lowest BCUT2D eigenvalue weighted by Crippen LogP contribution is -2.52. The lowest BCUT2D eigenvalue weighted by atomic mass is 10.0. The summed E-state index contributed by atoms with van der Waals surface area (Å²) in [5.41, 5.74) is 0. The largest absolute Gasteiger partial charge is 0.481 e. The third-order valence-electron chi connectivity index (χ3n) is 7.28. The second kappa shape index (κ2) is 24.4. The van der Waals surface area contributed by atoms with E-state index >= 15 is 0 Å². The number of hydrogen-bond donors (Lipinski definition) is 3. The van der Waals surface area contributed by atoms with E-state index in [1.54, 1.807) is 0 Å². The molecular formula is C30H56NO6+. The van der Waals surface area contributed by atoms with Crippen LogP contribution in [0.3, 0.4) is 0 Å². The maximum atomic E-state index is 11.1. The van der Waals surface area contributed by atoms with Gasteiger partial charge in [0.2, 0.25) is 0 Å². The number of unbranched alkanes of at least 4 members (excludes halogenated alkanes) is 15. The van der Waals surface area contributed by atoms with Crippen LogP contribution in [0.15, 0.2) is 12.2 Å². The maximum Gasteiger partial charge on any atom is 0.309 e. The molecule has 0 radical (unpaired) electrons. The van der Waals surface area contributed by atoms with Gasteiger partial charge in [-0.1, -0.05) is 96.1 Å². The highest BCUT2D eigenvalue weighted by atomic mass is 16.4. The molecule has 7 heteroatoms. The summed E-state index contributed by atoms with van der Waals surface area (Å²) in [5, 5.41) is 27.4. The third-order valence-corrected chi connectivity index (χ3v) is 7.28. The Morgan fingerprint density at radius 3 is 1.16 bits per heavy atom. The van der Waals surface area contributed by atoms with Gasteiger partial charge < -0.3 is 19.8 Å². The Bertz CT molecular complexity index is 574. The van der Waals surface area contributed by atoms with Crippen molar-refractivity contribution in [2.24, 2.45) is 0 Å². The standard InChI is InChI=1S/C30H55NO6/c1-2-3-4-5-6-7-8-9-10-11-12-13-14-15-16-17-18-19-20-24-31(25-21-28(32)33,26-22-29(34)35)27-23-30(36)37/h4-5H,2-3,6-27H2,1H3,(H2-,32,33,34,35,36,37)/p+1/b5-4+. The van der Waals surface area contributed by atoms with Crippen LogP contribution in [0.1, 0.15) is 135 Å². The number of carbonyl (C=O) groups is 3. The molecule has 0 aromatic heterocycles. The van der Waals surface area contributed by atoms with Crippen LogP contribution in [0.25, 0.3) is 0 Å². The molecule has 0 heterocycles. The number of allylic oxidation sites excluding steroid dienone is 2. The van der Waals surface area contributed by atoms with Crippen LogP contribution >= 0.6 is 0 Å². The van der Waals surface area contributed by atoms with Gasteiger partial charge in [-0.05, 0) is 32.1 Å². The number of carboxylic acids is 3. The topological polar surface area (TPSA) is 112 Å². The molecule has 0 unspecified atom stereocenters. The third kappa shape index (κ3) is 24.2. The first-order chi connectivity index (χ1) is 17.8. The minimum absolute atomic E-state index is 0.0735. The molecule has 216 valence electrons. The van der Waals surface area contributed by atoms with Gasteiger partial charge in [-0.25, -0.2) is 0 Å². The normalized spacial score (nSPS) is 11.8. The number of rotatable bonds is 28. The zero-order valence-electron chi connectivity index (χ0n) is 23.6. The summed E-state index contributed by atoms with van der Waals surface area (Å²) >= 11 is 0. The molecule has 0 amide bonds. The molecule has 0 aromatic rings. The predicted octanol–water partition coefficient (Wildman–Crippen LogP) is 7.44. The highest BCUT2D eigenvalue weighted by molar-refractivity contribution is 5.67. The van der Waals surface area contributed by atoms with Crippen LogP contribution in [0.4, 0.5) is 0 Å². The molecule has 0 saturated carbocycles. The first kappa shape index (κ1) is 35.1. The van der Waals surface area contributed by atoms with Crippen LogP contribution in [-0.2, 0) is 14.4 Å². The SMILES string of the molecule is CCC/C=C/CCCCCCCCCCCCCCCC[N+](CCC(=O)O)(CCC(=O)O)CCC(=O)O. The smallest absolute Gasteiger partial charge is 0.309 e. The maximum absolute atomic E-state index is 11.1. The molecule has 7 nitrogen and oxygen atoms in total. The van der Waals surface area contributed by atoms with Crippen LogP contribution in [0.2, 0.25) is 0 Å². The molecule has 0 aliphatic rings. The van der Waals surface area contributed by atoms with Crippen molar-refractivity contribution in [1.82, 2.24) is 0 Å². The van der Waals surface area contributed by atoms with Crippen LogP contribution in [0, 0.1) is 0 Å². The van der Waals surface area contributed by atoms with Crippen molar-refractivity contribution in [2.45, 2.75) is 135 Å². The molecule has 0 saturated heterocycles. The summed E-state index contributed by atoms with van der Waals surface area (Å²) in [4.78, 5) is 33.4. The molecule has 0 rings (SSSR count). The summed E-state index contributed by atoms with van der Waals surface area (Å²) in [6.45, 7) is 3.71. The predicted molar refractivity (Wildman–Crippen MR) is 150 cm³/mol. The number of carboxylic acid groups (broad SMARTS) is 3. The van der Waals surface area contributed by atoms with Crippen LogP contribution in [-0.4, -0.2) is 63.9 Å². The highest BCUT2D eigenvalue weighted by Crippen LogP contribution is 2.17. The molecule has 37 heavy (non-hydrogen) atoms. The molecule has 0 aromatic carbocycles. The van der Waals surface area contributed by atoms with Crippen molar-refractivity contribution >= 4 is 17.9 Å². The van der Waals surface area contributed by atoms with E-state index in [0.717, 1.165) is 19.3 Å². The lowest BCUT2D eigenvalue weighted by Gasteiger charge is -2.38. The van der Waals surface area contributed by atoms with Gasteiger partial charge >= 0.3 is 17.9 Å². The summed E-state index contributed by atoms with van der Waals surface area (Å²) in [6, 6.07) is 0. The van der Waals surface area contributed by atoms with E-state index in [9.17, 15) is 14.4 Å². The number of aliphatic carboxylic acids is 3. The van der Waals surface area contributed by atoms with Crippen molar-refractivity contribution in [3.05, 3.63) is 12.2 Å². The van der Waals surface area contributed by atoms with Crippen molar-refractivity contribution in [1.29, 1.82) is 0 Å². The Kier molecular flexibility index (Phi) is 23.2. The second-order valence-corrected chi connectivity index (χ2v) is 10.7. The molecule has 0 spiro atoms. The van der Waals surface area contributed by atoms with Crippen molar-refractivity contribution in [2.75, 3.05) is 26.2 Å². The fourth-order valence-corrected chi connectivity index (χ4v) is 4.90. The highest BCUT2D eigenvalue weighted by Gasteiger charge is 2.29. The van der Waals surface area contributed by atoms with Gasteiger partial charge in [-0.15, -0.1) is 0 Å². The van der Waals surface area contributed by atoms with Gasteiger partial charge in [-0.3, -0.25) is 14.4 Å². The van der Waals surface area contributed by atoms with E-state index in [1.165, 1.54) is 89.9 Å². The zero-order valence-corrected chi connectivity index (χ0v) is 23.6. The van der Waals surface area contributed by atoms with E-state index in [1.807, 2.05) is 0 Å². The summed E-state index contributed by atoms with van der Waals surface area (Å²) in [5.74, 6) is -2.79.